The molecule has 3 unspecified atom stereocenters. The fraction of sp³-hybridized carbons (Fsp3) is 0.588. The van der Waals surface area contributed by atoms with Gasteiger partial charge in [-0.1, -0.05) is 0 Å². The fourth-order valence-corrected chi connectivity index (χ4v) is 4.55. The summed E-state index contributed by atoms with van der Waals surface area (Å²) in [5, 5.41) is 9.79. The van der Waals surface area contributed by atoms with Crippen molar-refractivity contribution in [2.75, 3.05) is 18.0 Å². The minimum atomic E-state index is -0.128. The topological polar surface area (TPSA) is 70.2 Å². The summed E-state index contributed by atoms with van der Waals surface area (Å²) in [5.41, 5.74) is 0. The normalized spacial score (nSPS) is 26.4. The third-order valence-corrected chi connectivity index (χ3v) is 5.98. The van der Waals surface area contributed by atoms with E-state index in [2.05, 4.69) is 38.5 Å². The van der Waals surface area contributed by atoms with Gasteiger partial charge in [0.05, 0.1) is 5.39 Å². The average Bonchev–Trinajstić information content (AvgIpc) is 3.25. The molecule has 0 spiro atoms. The Morgan fingerprint density at radius 3 is 3.08 bits per heavy atom. The van der Waals surface area contributed by atoms with Crippen LogP contribution in [-0.4, -0.2) is 47.1 Å². The number of rotatable bonds is 3. The number of piperidine rings is 1. The first kappa shape index (κ1) is 18.4. The molecule has 2 saturated heterocycles. The maximum Gasteiger partial charge on any atom is 0.243 e. The molecule has 6 nitrogen and oxygen atoms in total. The van der Waals surface area contributed by atoms with E-state index >= 15 is 0 Å². The molecular formula is C17H24ClN5OS. The van der Waals surface area contributed by atoms with Gasteiger partial charge >= 0.3 is 0 Å². The van der Waals surface area contributed by atoms with E-state index in [-0.39, 0.29) is 30.4 Å². The van der Waals surface area contributed by atoms with Gasteiger partial charge in [0, 0.05) is 18.6 Å². The van der Waals surface area contributed by atoms with E-state index < -0.39 is 0 Å². The fourth-order valence-electron chi connectivity index (χ4n) is 3.82. The highest BCUT2D eigenvalue weighted by Gasteiger charge is 2.34. The number of nitrogens with one attached hydrogen (secondary N) is 2. The Morgan fingerprint density at radius 1 is 1.36 bits per heavy atom. The molecule has 0 aromatic carbocycles. The smallest absolute Gasteiger partial charge is 0.243 e. The van der Waals surface area contributed by atoms with Crippen molar-refractivity contribution in [3.05, 3.63) is 17.8 Å². The van der Waals surface area contributed by atoms with E-state index in [1.54, 1.807) is 17.7 Å². The van der Waals surface area contributed by atoms with Crippen molar-refractivity contribution in [2.45, 2.75) is 50.7 Å². The van der Waals surface area contributed by atoms with Crippen LogP contribution < -0.4 is 15.5 Å². The summed E-state index contributed by atoms with van der Waals surface area (Å²) in [6, 6.07) is 2.48. The number of hydrogen-bond acceptors (Lipinski definition) is 6. The number of fused-ring (bicyclic) bond motifs is 1. The zero-order valence-corrected chi connectivity index (χ0v) is 15.9. The molecule has 2 aliphatic heterocycles. The summed E-state index contributed by atoms with van der Waals surface area (Å²) in [6.45, 7) is 4.06. The molecule has 1 amide bonds. The number of thiophene rings is 1. The molecule has 0 aliphatic carbocycles. The van der Waals surface area contributed by atoms with Gasteiger partial charge in [0.25, 0.3) is 0 Å². The Morgan fingerprint density at radius 2 is 2.24 bits per heavy atom. The summed E-state index contributed by atoms with van der Waals surface area (Å²) in [6.07, 6.45) is 5.68. The monoisotopic (exact) mass is 381 g/mol. The van der Waals surface area contributed by atoms with Crippen molar-refractivity contribution in [1.82, 2.24) is 20.6 Å². The van der Waals surface area contributed by atoms with E-state index in [1.165, 1.54) is 0 Å². The van der Waals surface area contributed by atoms with Gasteiger partial charge < -0.3 is 15.5 Å². The van der Waals surface area contributed by atoms with Crippen molar-refractivity contribution >= 4 is 45.7 Å². The number of nitrogens with zero attached hydrogens (tertiary/aromatic N) is 3. The summed E-state index contributed by atoms with van der Waals surface area (Å²) in [4.78, 5) is 24.8. The van der Waals surface area contributed by atoms with Crippen LogP contribution in [0.1, 0.15) is 32.6 Å². The quantitative estimate of drug-likeness (QED) is 0.853. The summed E-state index contributed by atoms with van der Waals surface area (Å²) in [7, 11) is 0. The minimum absolute atomic E-state index is 0. The average molecular weight is 382 g/mol. The van der Waals surface area contributed by atoms with Crippen molar-refractivity contribution in [2.24, 2.45) is 0 Å². The van der Waals surface area contributed by atoms with E-state index in [9.17, 15) is 4.79 Å². The van der Waals surface area contributed by atoms with E-state index in [4.69, 9.17) is 0 Å². The van der Waals surface area contributed by atoms with Crippen LogP contribution in [0.4, 0.5) is 5.82 Å². The largest absolute Gasteiger partial charge is 0.350 e. The molecule has 0 radical (unpaired) electrons. The number of anilines is 1. The zero-order chi connectivity index (χ0) is 16.5. The minimum Gasteiger partial charge on any atom is -0.350 e. The van der Waals surface area contributed by atoms with Crippen LogP contribution >= 0.6 is 23.7 Å². The van der Waals surface area contributed by atoms with Crippen LogP contribution in [0.2, 0.25) is 0 Å². The summed E-state index contributed by atoms with van der Waals surface area (Å²) < 4.78 is 0. The first-order valence-corrected chi connectivity index (χ1v) is 9.60. The number of amides is 1. The molecule has 2 N–H and O–H groups in total. The van der Waals surface area contributed by atoms with Gasteiger partial charge in [-0.15, -0.1) is 23.7 Å². The van der Waals surface area contributed by atoms with Crippen LogP contribution in [0.3, 0.4) is 0 Å². The zero-order valence-electron chi connectivity index (χ0n) is 14.3. The lowest BCUT2D eigenvalue weighted by atomic mass is 9.99. The Labute approximate surface area is 157 Å². The number of halogens is 1. The van der Waals surface area contributed by atoms with Crippen LogP contribution in [0, 0.1) is 0 Å². The molecule has 3 atom stereocenters. The van der Waals surface area contributed by atoms with Gasteiger partial charge in [0.15, 0.2) is 0 Å². The van der Waals surface area contributed by atoms with Gasteiger partial charge in [-0.25, -0.2) is 9.97 Å². The Balaban J connectivity index is 0.00000182. The number of aromatic nitrogens is 2. The summed E-state index contributed by atoms with van der Waals surface area (Å²) >= 11 is 1.61. The lowest BCUT2D eigenvalue weighted by Crippen LogP contribution is -2.55. The molecule has 2 aromatic heterocycles. The van der Waals surface area contributed by atoms with Crippen LogP contribution in [0.15, 0.2) is 17.8 Å². The molecule has 2 aliphatic rings. The second-order valence-corrected chi connectivity index (χ2v) is 7.58. The highest BCUT2D eigenvalue weighted by molar-refractivity contribution is 7.16. The number of hydrogen-bond donors (Lipinski definition) is 2. The molecule has 136 valence electrons. The molecule has 2 aromatic rings. The van der Waals surface area contributed by atoms with Gasteiger partial charge in [-0.2, -0.15) is 0 Å². The molecule has 4 heterocycles. The molecule has 8 heteroatoms. The maximum absolute atomic E-state index is 12.9. The number of carbonyl (C=O) groups is 1. The lowest BCUT2D eigenvalue weighted by Gasteiger charge is -2.33. The molecule has 0 saturated carbocycles. The van der Waals surface area contributed by atoms with Gasteiger partial charge in [-0.05, 0) is 50.6 Å². The second-order valence-electron chi connectivity index (χ2n) is 6.69. The van der Waals surface area contributed by atoms with E-state index in [0.29, 0.717) is 6.04 Å². The third kappa shape index (κ3) is 3.59. The highest BCUT2D eigenvalue weighted by Crippen LogP contribution is 2.31. The Bertz CT molecular complexity index is 739. The molecule has 0 bridgehead atoms. The van der Waals surface area contributed by atoms with Gasteiger partial charge in [0.2, 0.25) is 5.91 Å². The molecular weight excluding hydrogens is 358 g/mol. The predicted molar refractivity (Wildman–Crippen MR) is 104 cm³/mol. The Hall–Kier alpha value is -1.44. The van der Waals surface area contributed by atoms with Crippen LogP contribution in [-0.2, 0) is 4.79 Å². The van der Waals surface area contributed by atoms with Crippen molar-refractivity contribution < 1.29 is 4.79 Å². The standard InChI is InChI=1S/C17H23N5OS.ClH/c1-11-13(4-2-7-18-11)21-16(23)14-5-3-8-22(14)15-12-6-9-24-17(12)20-10-19-15;/h6,9-11,13-14,18H,2-5,7-8H2,1H3,(H,21,23);1H. The lowest BCUT2D eigenvalue weighted by molar-refractivity contribution is -0.123. The van der Waals surface area contributed by atoms with Crippen LogP contribution in [0.5, 0.6) is 0 Å². The van der Waals surface area contributed by atoms with Crippen LogP contribution in [0.25, 0.3) is 10.2 Å². The van der Waals surface area contributed by atoms with E-state index in [0.717, 1.165) is 54.8 Å². The second kappa shape index (κ2) is 7.85. The molecule has 2 fully saturated rings. The summed E-state index contributed by atoms with van der Waals surface area (Å²) in [5.74, 6) is 1.03. The first-order valence-electron chi connectivity index (χ1n) is 8.72. The van der Waals surface area contributed by atoms with Crippen molar-refractivity contribution in [1.29, 1.82) is 0 Å². The third-order valence-electron chi connectivity index (χ3n) is 5.16. The SMILES string of the molecule is CC1NCCCC1NC(=O)C1CCCN1c1ncnc2sccc12.Cl. The van der Waals surface area contributed by atoms with Gasteiger partial charge in [0.1, 0.15) is 23.0 Å². The van der Waals surface area contributed by atoms with Gasteiger partial charge in [-0.3, -0.25) is 4.79 Å². The highest BCUT2D eigenvalue weighted by atomic mass is 35.5. The molecule has 25 heavy (non-hydrogen) atoms. The van der Waals surface area contributed by atoms with Crippen molar-refractivity contribution in [3.63, 3.8) is 0 Å². The maximum atomic E-state index is 12.9. The first-order chi connectivity index (χ1) is 11.7. The van der Waals surface area contributed by atoms with E-state index in [1.807, 2.05) is 5.38 Å². The Kier molecular flexibility index (Phi) is 5.76. The predicted octanol–water partition coefficient (Wildman–Crippen LogP) is 2.34. The number of carbonyl (C=O) groups excluding carboxylic acids is 1. The molecule has 4 rings (SSSR count). The van der Waals surface area contributed by atoms with Crippen molar-refractivity contribution in [3.8, 4) is 0 Å².